The second kappa shape index (κ2) is 8.14. The van der Waals surface area contributed by atoms with E-state index in [-0.39, 0.29) is 5.91 Å². The molecule has 1 N–H and O–H groups in total. The third-order valence-corrected chi connectivity index (χ3v) is 4.03. The predicted octanol–water partition coefficient (Wildman–Crippen LogP) is 4.41. The molecule has 0 radical (unpaired) electrons. The molecule has 0 atom stereocenters. The van der Waals surface area contributed by atoms with Gasteiger partial charge in [-0.3, -0.25) is 4.79 Å². The van der Waals surface area contributed by atoms with E-state index in [2.05, 4.69) is 15.5 Å². The van der Waals surface area contributed by atoms with Crippen LogP contribution in [0.15, 0.2) is 53.1 Å². The molecule has 0 bridgehead atoms. The van der Waals surface area contributed by atoms with Crippen LogP contribution in [-0.2, 0) is 6.42 Å². The molecule has 3 rings (SSSR count). The average Bonchev–Trinajstić information content (AvgIpc) is 3.09. The number of carbonyl (C=O) groups excluding carboxylic acids is 1. The monoisotopic (exact) mass is 375 g/mol. The summed E-state index contributed by atoms with van der Waals surface area (Å²) >= 11 is 11.7. The van der Waals surface area contributed by atoms with E-state index in [0.29, 0.717) is 46.7 Å². The van der Waals surface area contributed by atoms with E-state index in [1.54, 1.807) is 36.4 Å². The highest BCUT2D eigenvalue weighted by Gasteiger charge is 2.09. The number of hydrogen-bond acceptors (Lipinski definition) is 4. The van der Waals surface area contributed by atoms with Crippen LogP contribution in [0, 0.1) is 0 Å². The molecule has 1 aromatic heterocycles. The lowest BCUT2D eigenvalue weighted by atomic mass is 10.2. The van der Waals surface area contributed by atoms with Crippen LogP contribution >= 0.6 is 23.2 Å². The van der Waals surface area contributed by atoms with Gasteiger partial charge in [0.25, 0.3) is 5.91 Å². The fourth-order valence-electron chi connectivity index (χ4n) is 2.22. The molecule has 25 heavy (non-hydrogen) atoms. The van der Waals surface area contributed by atoms with Gasteiger partial charge in [0.1, 0.15) is 0 Å². The number of benzene rings is 2. The molecule has 1 heterocycles. The lowest BCUT2D eigenvalue weighted by molar-refractivity contribution is 0.0953. The molecular formula is C18H15Cl2N3O2. The van der Waals surface area contributed by atoms with Crippen molar-refractivity contribution in [2.75, 3.05) is 6.54 Å². The number of carbonyl (C=O) groups is 1. The third-order valence-electron chi connectivity index (χ3n) is 3.53. The van der Waals surface area contributed by atoms with Gasteiger partial charge in [0, 0.05) is 34.1 Å². The molecule has 2 aromatic carbocycles. The Morgan fingerprint density at radius 3 is 2.32 bits per heavy atom. The molecule has 0 fully saturated rings. The summed E-state index contributed by atoms with van der Waals surface area (Å²) in [5, 5.41) is 8.06. The van der Waals surface area contributed by atoms with Crippen molar-refractivity contribution >= 4 is 29.1 Å². The van der Waals surface area contributed by atoms with Gasteiger partial charge in [-0.25, -0.2) is 0 Å². The van der Waals surface area contributed by atoms with Crippen LogP contribution in [0.4, 0.5) is 0 Å². The van der Waals surface area contributed by atoms with Crippen molar-refractivity contribution in [2.24, 2.45) is 0 Å². The summed E-state index contributed by atoms with van der Waals surface area (Å²) in [6, 6.07) is 14.0. The van der Waals surface area contributed by atoms with Crippen molar-refractivity contribution < 1.29 is 9.32 Å². The van der Waals surface area contributed by atoms with Gasteiger partial charge < -0.3 is 9.84 Å². The quantitative estimate of drug-likeness (QED) is 0.648. The minimum atomic E-state index is -0.135. The van der Waals surface area contributed by atoms with Gasteiger partial charge in [-0.15, -0.1) is 0 Å². The molecule has 0 saturated heterocycles. The van der Waals surface area contributed by atoms with E-state index in [1.165, 1.54) is 0 Å². The van der Waals surface area contributed by atoms with Crippen molar-refractivity contribution in [1.82, 2.24) is 15.5 Å². The number of halogens is 2. The maximum atomic E-state index is 12.0. The second-order valence-corrected chi connectivity index (χ2v) is 6.26. The molecule has 0 aliphatic rings. The van der Waals surface area contributed by atoms with E-state index >= 15 is 0 Å². The van der Waals surface area contributed by atoms with E-state index < -0.39 is 0 Å². The van der Waals surface area contributed by atoms with Crippen molar-refractivity contribution in [3.8, 4) is 11.4 Å². The standard InChI is InChI=1S/C18H15Cl2N3O2/c19-14-7-3-12(4-8-14)17-22-16(25-23-17)2-1-11-21-18(24)13-5-9-15(20)10-6-13/h3-10H,1-2,11H2,(H,21,24). The highest BCUT2D eigenvalue weighted by molar-refractivity contribution is 6.30. The van der Waals surface area contributed by atoms with Crippen molar-refractivity contribution in [3.05, 3.63) is 70.0 Å². The van der Waals surface area contributed by atoms with Crippen molar-refractivity contribution in [3.63, 3.8) is 0 Å². The van der Waals surface area contributed by atoms with Crippen LogP contribution < -0.4 is 5.32 Å². The Kier molecular flexibility index (Phi) is 5.68. The summed E-state index contributed by atoms with van der Waals surface area (Å²) in [7, 11) is 0. The molecule has 0 aliphatic carbocycles. The molecule has 0 saturated carbocycles. The molecule has 1 amide bonds. The Labute approximate surface area is 155 Å². The van der Waals surface area contributed by atoms with Crippen molar-refractivity contribution in [1.29, 1.82) is 0 Å². The lowest BCUT2D eigenvalue weighted by Crippen LogP contribution is -2.24. The SMILES string of the molecule is O=C(NCCCc1nc(-c2ccc(Cl)cc2)no1)c1ccc(Cl)cc1. The molecule has 128 valence electrons. The molecule has 5 nitrogen and oxygen atoms in total. The van der Waals surface area contributed by atoms with Crippen molar-refractivity contribution in [2.45, 2.75) is 12.8 Å². The maximum Gasteiger partial charge on any atom is 0.251 e. The first kappa shape index (κ1) is 17.5. The Bertz CT molecular complexity index is 846. The summed E-state index contributed by atoms with van der Waals surface area (Å²) in [6.07, 6.45) is 1.28. The van der Waals surface area contributed by atoms with Crippen LogP contribution in [-0.4, -0.2) is 22.6 Å². The maximum absolute atomic E-state index is 12.0. The highest BCUT2D eigenvalue weighted by Crippen LogP contribution is 2.19. The number of nitrogens with zero attached hydrogens (tertiary/aromatic N) is 2. The Hall–Kier alpha value is -2.37. The van der Waals surface area contributed by atoms with Crippen LogP contribution in [0.2, 0.25) is 10.0 Å². The van der Waals surface area contributed by atoms with Gasteiger partial charge in [-0.1, -0.05) is 28.4 Å². The van der Waals surface area contributed by atoms with Crippen LogP contribution in [0.25, 0.3) is 11.4 Å². The lowest BCUT2D eigenvalue weighted by Gasteiger charge is -2.04. The van der Waals surface area contributed by atoms with E-state index in [9.17, 15) is 4.79 Å². The largest absolute Gasteiger partial charge is 0.352 e. The van der Waals surface area contributed by atoms with E-state index in [4.69, 9.17) is 27.7 Å². The summed E-state index contributed by atoms with van der Waals surface area (Å²) in [4.78, 5) is 16.3. The third kappa shape index (κ3) is 4.81. The fraction of sp³-hybridized carbons (Fsp3) is 0.167. The molecule has 0 unspecified atom stereocenters. The summed E-state index contributed by atoms with van der Waals surface area (Å²) in [5.41, 5.74) is 1.42. The first-order valence-electron chi connectivity index (χ1n) is 7.74. The molecule has 7 heteroatoms. The van der Waals surface area contributed by atoms with E-state index in [1.807, 2.05) is 12.1 Å². The minimum Gasteiger partial charge on any atom is -0.352 e. The normalized spacial score (nSPS) is 10.6. The summed E-state index contributed by atoms with van der Waals surface area (Å²) in [6.45, 7) is 0.514. The zero-order chi connectivity index (χ0) is 17.6. The molecule has 3 aromatic rings. The van der Waals surface area contributed by atoms with Gasteiger partial charge in [0.05, 0.1) is 0 Å². The predicted molar refractivity (Wildman–Crippen MR) is 96.9 cm³/mol. The van der Waals surface area contributed by atoms with Gasteiger partial charge >= 0.3 is 0 Å². The van der Waals surface area contributed by atoms with Crippen LogP contribution in [0.5, 0.6) is 0 Å². The zero-order valence-electron chi connectivity index (χ0n) is 13.2. The summed E-state index contributed by atoms with van der Waals surface area (Å²) < 4.78 is 5.23. The zero-order valence-corrected chi connectivity index (χ0v) is 14.7. The minimum absolute atomic E-state index is 0.135. The Morgan fingerprint density at radius 1 is 1.00 bits per heavy atom. The number of hydrogen-bond donors (Lipinski definition) is 1. The van der Waals surface area contributed by atoms with Gasteiger partial charge in [0.2, 0.25) is 11.7 Å². The smallest absolute Gasteiger partial charge is 0.251 e. The topological polar surface area (TPSA) is 68.0 Å². The number of amides is 1. The van der Waals surface area contributed by atoms with Gasteiger partial charge in [0.15, 0.2) is 0 Å². The molecule has 0 spiro atoms. The van der Waals surface area contributed by atoms with Gasteiger partial charge in [-0.05, 0) is 55.0 Å². The first-order chi connectivity index (χ1) is 12.1. The summed E-state index contributed by atoms with van der Waals surface area (Å²) in [5.74, 6) is 0.923. The number of nitrogens with one attached hydrogen (secondary N) is 1. The van der Waals surface area contributed by atoms with E-state index in [0.717, 1.165) is 5.56 Å². The first-order valence-corrected chi connectivity index (χ1v) is 8.50. The van der Waals surface area contributed by atoms with Gasteiger partial charge in [-0.2, -0.15) is 4.98 Å². The Morgan fingerprint density at radius 2 is 1.64 bits per heavy atom. The molecule has 0 aliphatic heterocycles. The molecular weight excluding hydrogens is 361 g/mol. The Balaban J connectivity index is 1.47. The fourth-order valence-corrected chi connectivity index (χ4v) is 2.47. The number of aromatic nitrogens is 2. The van der Waals surface area contributed by atoms with Crippen LogP contribution in [0.3, 0.4) is 0 Å². The number of aryl methyl sites for hydroxylation is 1. The highest BCUT2D eigenvalue weighted by atomic mass is 35.5. The average molecular weight is 376 g/mol. The van der Waals surface area contributed by atoms with Crippen LogP contribution in [0.1, 0.15) is 22.7 Å². The second-order valence-electron chi connectivity index (χ2n) is 5.38. The number of rotatable bonds is 6.